The van der Waals surface area contributed by atoms with Crippen molar-refractivity contribution in [2.24, 2.45) is 0 Å². The minimum absolute atomic E-state index is 0.161. The molecule has 2 amide bonds. The van der Waals surface area contributed by atoms with Crippen LogP contribution in [0, 0.1) is 0 Å². The van der Waals surface area contributed by atoms with Gasteiger partial charge in [0.1, 0.15) is 5.75 Å². The van der Waals surface area contributed by atoms with Crippen LogP contribution in [-0.2, 0) is 11.3 Å². The summed E-state index contributed by atoms with van der Waals surface area (Å²) in [5.41, 5.74) is 1.51. The predicted molar refractivity (Wildman–Crippen MR) is 101 cm³/mol. The number of ether oxygens (including phenoxy) is 1. The van der Waals surface area contributed by atoms with Crippen molar-refractivity contribution in [3.05, 3.63) is 69.6 Å². The van der Waals surface area contributed by atoms with E-state index >= 15 is 0 Å². The summed E-state index contributed by atoms with van der Waals surface area (Å²) in [6.45, 7) is 2.59. The Labute approximate surface area is 155 Å². The van der Waals surface area contributed by atoms with E-state index in [1.807, 2.05) is 43.3 Å². The highest BCUT2D eigenvalue weighted by Gasteiger charge is 2.35. The summed E-state index contributed by atoms with van der Waals surface area (Å²) in [5.74, 6) is 0.365. The largest absolute Gasteiger partial charge is 0.493 e. The Kier molecular flexibility index (Phi) is 5.46. The van der Waals surface area contributed by atoms with Gasteiger partial charge in [0.05, 0.1) is 18.1 Å². The fraction of sp³-hybridized carbons (Fsp3) is 0.158. The van der Waals surface area contributed by atoms with E-state index in [1.165, 1.54) is 4.90 Å². The van der Waals surface area contributed by atoms with Gasteiger partial charge < -0.3 is 4.74 Å². The zero-order valence-electron chi connectivity index (χ0n) is 13.6. The Morgan fingerprint density at radius 2 is 1.84 bits per heavy atom. The summed E-state index contributed by atoms with van der Waals surface area (Å²) < 4.78 is 5.57. The molecule has 1 heterocycles. The lowest BCUT2D eigenvalue weighted by Gasteiger charge is -2.13. The lowest BCUT2D eigenvalue weighted by molar-refractivity contribution is -0.123. The molecule has 1 aliphatic heterocycles. The van der Waals surface area contributed by atoms with Crippen molar-refractivity contribution in [3.8, 4) is 5.75 Å². The van der Waals surface area contributed by atoms with E-state index in [-0.39, 0.29) is 17.7 Å². The van der Waals surface area contributed by atoms with Gasteiger partial charge in [0.2, 0.25) is 0 Å². The zero-order valence-corrected chi connectivity index (χ0v) is 15.1. The van der Waals surface area contributed by atoms with Gasteiger partial charge in [-0.1, -0.05) is 48.0 Å². The zero-order chi connectivity index (χ0) is 17.8. The Bertz CT molecular complexity index is 850. The summed E-state index contributed by atoms with van der Waals surface area (Å²) >= 11 is 7.06. The number of imide groups is 1. The number of amides is 2. The number of para-hydroxylation sites is 1. The SMILES string of the molecule is CCOc1ccccc1/C=C1/SC(=O)N(Cc2ccccc2Cl)C1=O. The first-order chi connectivity index (χ1) is 12.1. The van der Waals surface area contributed by atoms with Crippen molar-refractivity contribution >= 4 is 40.6 Å². The second-order valence-corrected chi connectivity index (χ2v) is 6.73. The molecule has 6 heteroatoms. The molecule has 3 rings (SSSR count). The van der Waals surface area contributed by atoms with Gasteiger partial charge in [-0.3, -0.25) is 14.5 Å². The topological polar surface area (TPSA) is 46.6 Å². The van der Waals surface area contributed by atoms with Crippen LogP contribution in [0.25, 0.3) is 6.08 Å². The van der Waals surface area contributed by atoms with Gasteiger partial charge in [-0.2, -0.15) is 0 Å². The van der Waals surface area contributed by atoms with Crippen LogP contribution in [0.3, 0.4) is 0 Å². The van der Waals surface area contributed by atoms with Gasteiger partial charge in [-0.25, -0.2) is 0 Å². The molecule has 0 spiro atoms. The van der Waals surface area contributed by atoms with Crippen LogP contribution in [0.4, 0.5) is 4.79 Å². The van der Waals surface area contributed by atoms with Gasteiger partial charge in [0.15, 0.2) is 0 Å². The molecule has 1 fully saturated rings. The van der Waals surface area contributed by atoms with Crippen molar-refractivity contribution in [2.75, 3.05) is 6.61 Å². The first-order valence-corrected chi connectivity index (χ1v) is 9.00. The summed E-state index contributed by atoms with van der Waals surface area (Å²) in [6, 6.07) is 14.6. The molecule has 0 saturated carbocycles. The van der Waals surface area contributed by atoms with Crippen LogP contribution in [0.2, 0.25) is 5.02 Å². The molecule has 4 nitrogen and oxygen atoms in total. The molecule has 2 aromatic carbocycles. The molecule has 0 N–H and O–H groups in total. The molecule has 1 saturated heterocycles. The maximum atomic E-state index is 12.6. The average Bonchev–Trinajstić information content (AvgIpc) is 2.86. The molecular formula is C19H16ClNO3S. The summed E-state index contributed by atoms with van der Waals surface area (Å²) in [7, 11) is 0. The maximum absolute atomic E-state index is 12.6. The minimum atomic E-state index is -0.318. The van der Waals surface area contributed by atoms with Crippen molar-refractivity contribution < 1.29 is 14.3 Å². The number of carbonyl (C=O) groups excluding carboxylic acids is 2. The fourth-order valence-electron chi connectivity index (χ4n) is 2.46. The number of rotatable bonds is 5. The van der Waals surface area contributed by atoms with Crippen LogP contribution in [0.5, 0.6) is 5.75 Å². The highest BCUT2D eigenvalue weighted by molar-refractivity contribution is 8.18. The monoisotopic (exact) mass is 373 g/mol. The Morgan fingerprint density at radius 3 is 2.60 bits per heavy atom. The van der Waals surface area contributed by atoms with E-state index < -0.39 is 0 Å². The molecule has 0 aliphatic carbocycles. The third-order valence-corrected chi connectivity index (χ3v) is 4.94. The fourth-order valence-corrected chi connectivity index (χ4v) is 3.49. The summed E-state index contributed by atoms with van der Waals surface area (Å²) in [4.78, 5) is 26.5. The van der Waals surface area contributed by atoms with E-state index in [4.69, 9.17) is 16.3 Å². The minimum Gasteiger partial charge on any atom is -0.493 e. The van der Waals surface area contributed by atoms with E-state index in [0.717, 1.165) is 22.9 Å². The number of thioether (sulfide) groups is 1. The van der Waals surface area contributed by atoms with E-state index in [0.29, 0.717) is 22.3 Å². The first kappa shape index (κ1) is 17.6. The molecule has 0 unspecified atom stereocenters. The lowest BCUT2D eigenvalue weighted by atomic mass is 10.1. The molecule has 2 aromatic rings. The standard InChI is InChI=1S/C19H16ClNO3S/c1-2-24-16-10-6-4-7-13(16)11-17-18(22)21(19(23)25-17)12-14-8-3-5-9-15(14)20/h3-11H,2,12H2,1H3/b17-11+. The van der Waals surface area contributed by atoms with Crippen LogP contribution in [0.15, 0.2) is 53.4 Å². The molecule has 0 radical (unpaired) electrons. The van der Waals surface area contributed by atoms with E-state index in [2.05, 4.69) is 0 Å². The molecule has 0 aromatic heterocycles. The first-order valence-electron chi connectivity index (χ1n) is 7.80. The molecule has 25 heavy (non-hydrogen) atoms. The molecule has 1 aliphatic rings. The predicted octanol–water partition coefficient (Wildman–Crippen LogP) is 4.98. The van der Waals surface area contributed by atoms with Gasteiger partial charge in [0, 0.05) is 10.6 Å². The molecule has 0 bridgehead atoms. The van der Waals surface area contributed by atoms with Crippen LogP contribution < -0.4 is 4.74 Å². The van der Waals surface area contributed by atoms with Crippen LogP contribution in [0.1, 0.15) is 18.1 Å². The third-order valence-electron chi connectivity index (χ3n) is 3.67. The Hall–Kier alpha value is -2.24. The summed E-state index contributed by atoms with van der Waals surface area (Å²) in [5, 5.41) is 0.234. The lowest BCUT2D eigenvalue weighted by Crippen LogP contribution is -2.27. The van der Waals surface area contributed by atoms with Gasteiger partial charge >= 0.3 is 0 Å². The highest BCUT2D eigenvalue weighted by Crippen LogP contribution is 2.35. The second-order valence-electron chi connectivity index (χ2n) is 5.33. The van der Waals surface area contributed by atoms with Gasteiger partial charge in [-0.15, -0.1) is 0 Å². The smallest absolute Gasteiger partial charge is 0.293 e. The summed E-state index contributed by atoms with van der Waals surface area (Å²) in [6.07, 6.45) is 1.70. The number of hydrogen-bond donors (Lipinski definition) is 0. The van der Waals surface area contributed by atoms with Crippen molar-refractivity contribution in [2.45, 2.75) is 13.5 Å². The van der Waals surface area contributed by atoms with Crippen LogP contribution in [-0.4, -0.2) is 22.7 Å². The molecule has 0 atom stereocenters. The number of hydrogen-bond acceptors (Lipinski definition) is 4. The third kappa shape index (κ3) is 3.89. The average molecular weight is 374 g/mol. The maximum Gasteiger partial charge on any atom is 0.293 e. The number of halogens is 1. The second kappa shape index (κ2) is 7.76. The van der Waals surface area contributed by atoms with Crippen LogP contribution >= 0.6 is 23.4 Å². The number of nitrogens with zero attached hydrogens (tertiary/aromatic N) is 1. The van der Waals surface area contributed by atoms with Gasteiger partial charge in [-0.05, 0) is 42.5 Å². The Morgan fingerprint density at radius 1 is 1.12 bits per heavy atom. The van der Waals surface area contributed by atoms with E-state index in [1.54, 1.807) is 18.2 Å². The number of carbonyl (C=O) groups is 2. The normalized spacial score (nSPS) is 15.9. The van der Waals surface area contributed by atoms with E-state index in [9.17, 15) is 9.59 Å². The molecule has 128 valence electrons. The van der Waals surface area contributed by atoms with Crippen molar-refractivity contribution in [3.63, 3.8) is 0 Å². The van der Waals surface area contributed by atoms with Gasteiger partial charge in [0.25, 0.3) is 11.1 Å². The molecular weight excluding hydrogens is 358 g/mol. The quantitative estimate of drug-likeness (QED) is 0.694. The van der Waals surface area contributed by atoms with Crippen molar-refractivity contribution in [1.82, 2.24) is 4.90 Å². The van der Waals surface area contributed by atoms with Crippen molar-refractivity contribution in [1.29, 1.82) is 0 Å². The highest BCUT2D eigenvalue weighted by atomic mass is 35.5. The number of benzene rings is 2. The Balaban J connectivity index is 1.85.